The second-order valence-corrected chi connectivity index (χ2v) is 3.83. The van der Waals surface area contributed by atoms with E-state index in [1.165, 1.54) is 22.3 Å². The molecule has 2 nitrogen and oxygen atoms in total. The second-order valence-electron chi connectivity index (χ2n) is 3.83. The van der Waals surface area contributed by atoms with E-state index in [1.807, 2.05) is 0 Å². The molecule has 0 radical (unpaired) electrons. The Bertz CT molecular complexity index is 351. The van der Waals surface area contributed by atoms with E-state index >= 15 is 0 Å². The standard InChI is InChI=1S/C12H16N2/c1-9-5-10(2)12(11(3)6-9)7-14(4)8-13/h5-6H,7H2,1-4H3. The van der Waals surface area contributed by atoms with E-state index in [9.17, 15) is 0 Å². The van der Waals surface area contributed by atoms with Gasteiger partial charge in [0.25, 0.3) is 0 Å². The van der Waals surface area contributed by atoms with E-state index in [0.29, 0.717) is 6.54 Å². The minimum absolute atomic E-state index is 0.703. The summed E-state index contributed by atoms with van der Waals surface area (Å²) < 4.78 is 0. The van der Waals surface area contributed by atoms with Crippen LogP contribution >= 0.6 is 0 Å². The van der Waals surface area contributed by atoms with Crippen LogP contribution in [-0.4, -0.2) is 11.9 Å². The van der Waals surface area contributed by atoms with Gasteiger partial charge in [0.05, 0.1) is 6.54 Å². The molecule has 0 amide bonds. The molecule has 0 aliphatic heterocycles. The molecule has 0 heterocycles. The smallest absolute Gasteiger partial charge is 0.179 e. The van der Waals surface area contributed by atoms with Crippen molar-refractivity contribution in [2.24, 2.45) is 0 Å². The number of rotatable bonds is 2. The topological polar surface area (TPSA) is 27.0 Å². The predicted molar refractivity (Wildman–Crippen MR) is 57.7 cm³/mol. The van der Waals surface area contributed by atoms with E-state index < -0.39 is 0 Å². The largest absolute Gasteiger partial charge is 0.309 e. The molecule has 0 atom stereocenters. The van der Waals surface area contributed by atoms with Crippen molar-refractivity contribution in [1.82, 2.24) is 4.90 Å². The Balaban J connectivity index is 3.04. The lowest BCUT2D eigenvalue weighted by atomic mass is 10.00. The van der Waals surface area contributed by atoms with Crippen LogP contribution in [0.2, 0.25) is 0 Å². The quantitative estimate of drug-likeness (QED) is 0.526. The Kier molecular flexibility index (Phi) is 3.14. The van der Waals surface area contributed by atoms with Crippen LogP contribution in [0.3, 0.4) is 0 Å². The lowest BCUT2D eigenvalue weighted by molar-refractivity contribution is 0.467. The van der Waals surface area contributed by atoms with Crippen molar-refractivity contribution in [3.63, 3.8) is 0 Å². The molecular weight excluding hydrogens is 172 g/mol. The second kappa shape index (κ2) is 4.15. The zero-order valence-corrected chi connectivity index (χ0v) is 9.26. The Morgan fingerprint density at radius 1 is 1.21 bits per heavy atom. The number of aryl methyl sites for hydroxylation is 3. The van der Waals surface area contributed by atoms with Crippen LogP contribution in [0, 0.1) is 32.2 Å². The summed E-state index contributed by atoms with van der Waals surface area (Å²) in [6.45, 7) is 6.99. The minimum atomic E-state index is 0.703. The van der Waals surface area contributed by atoms with Gasteiger partial charge in [-0.15, -0.1) is 0 Å². The normalized spacial score (nSPS) is 9.64. The molecule has 0 aliphatic rings. The SMILES string of the molecule is Cc1cc(C)c(CN(C)C#N)c(C)c1. The molecule has 1 aromatic carbocycles. The minimum Gasteiger partial charge on any atom is -0.309 e. The van der Waals surface area contributed by atoms with Gasteiger partial charge in [-0.05, 0) is 37.5 Å². The highest BCUT2D eigenvalue weighted by Gasteiger charge is 2.05. The molecule has 0 bridgehead atoms. The predicted octanol–water partition coefficient (Wildman–Crippen LogP) is 2.52. The Morgan fingerprint density at radius 3 is 2.14 bits per heavy atom. The summed E-state index contributed by atoms with van der Waals surface area (Å²) in [4.78, 5) is 1.64. The summed E-state index contributed by atoms with van der Waals surface area (Å²) in [5.74, 6) is 0. The molecule has 2 heteroatoms. The molecule has 0 N–H and O–H groups in total. The third kappa shape index (κ3) is 2.26. The average molecular weight is 188 g/mol. The van der Waals surface area contributed by atoms with Gasteiger partial charge in [-0.1, -0.05) is 17.7 Å². The van der Waals surface area contributed by atoms with Gasteiger partial charge in [0.1, 0.15) is 0 Å². The Labute approximate surface area is 85.8 Å². The molecule has 0 aliphatic carbocycles. The fraction of sp³-hybridized carbons (Fsp3) is 0.417. The third-order valence-corrected chi connectivity index (χ3v) is 2.41. The molecule has 14 heavy (non-hydrogen) atoms. The third-order valence-electron chi connectivity index (χ3n) is 2.41. The van der Waals surface area contributed by atoms with Crippen molar-refractivity contribution in [2.75, 3.05) is 7.05 Å². The molecule has 0 spiro atoms. The lowest BCUT2D eigenvalue weighted by Crippen LogP contribution is -2.12. The van der Waals surface area contributed by atoms with Gasteiger partial charge < -0.3 is 4.90 Å². The molecule has 0 saturated heterocycles. The Hall–Kier alpha value is -1.49. The van der Waals surface area contributed by atoms with Gasteiger partial charge in [0, 0.05) is 7.05 Å². The van der Waals surface area contributed by atoms with Gasteiger partial charge >= 0.3 is 0 Å². The maximum Gasteiger partial charge on any atom is 0.179 e. The molecule has 0 aromatic heterocycles. The van der Waals surface area contributed by atoms with Gasteiger partial charge in [0.15, 0.2) is 6.19 Å². The first-order valence-electron chi connectivity index (χ1n) is 4.72. The van der Waals surface area contributed by atoms with Crippen LogP contribution in [0.25, 0.3) is 0 Å². The number of hydrogen-bond donors (Lipinski definition) is 0. The summed E-state index contributed by atoms with van der Waals surface area (Å²) in [6.07, 6.45) is 2.12. The van der Waals surface area contributed by atoms with E-state index in [4.69, 9.17) is 5.26 Å². The van der Waals surface area contributed by atoms with Crippen molar-refractivity contribution >= 4 is 0 Å². The fourth-order valence-corrected chi connectivity index (χ4v) is 1.73. The van der Waals surface area contributed by atoms with Gasteiger partial charge in [-0.25, -0.2) is 0 Å². The average Bonchev–Trinajstić information content (AvgIpc) is 2.10. The van der Waals surface area contributed by atoms with Crippen molar-refractivity contribution < 1.29 is 0 Å². The summed E-state index contributed by atoms with van der Waals surface area (Å²) in [5, 5.41) is 8.71. The van der Waals surface area contributed by atoms with Crippen molar-refractivity contribution in [3.05, 3.63) is 34.4 Å². The zero-order chi connectivity index (χ0) is 10.7. The van der Waals surface area contributed by atoms with E-state index in [0.717, 1.165) is 0 Å². The van der Waals surface area contributed by atoms with E-state index in [-0.39, 0.29) is 0 Å². The van der Waals surface area contributed by atoms with E-state index in [1.54, 1.807) is 11.9 Å². The maximum atomic E-state index is 8.71. The molecule has 1 rings (SSSR count). The molecule has 0 fully saturated rings. The van der Waals surface area contributed by atoms with Crippen LogP contribution in [0.15, 0.2) is 12.1 Å². The molecule has 1 aromatic rings. The van der Waals surface area contributed by atoms with E-state index in [2.05, 4.69) is 39.1 Å². The Morgan fingerprint density at radius 2 is 1.71 bits per heavy atom. The number of nitriles is 1. The number of benzene rings is 1. The first-order chi connectivity index (χ1) is 6.54. The van der Waals surface area contributed by atoms with Crippen molar-refractivity contribution in [2.45, 2.75) is 27.3 Å². The number of hydrogen-bond acceptors (Lipinski definition) is 2. The first-order valence-corrected chi connectivity index (χ1v) is 4.72. The molecular formula is C12H16N2. The van der Waals surface area contributed by atoms with Crippen molar-refractivity contribution in [1.29, 1.82) is 5.26 Å². The highest BCUT2D eigenvalue weighted by molar-refractivity contribution is 5.37. The van der Waals surface area contributed by atoms with Crippen LogP contribution in [-0.2, 0) is 6.54 Å². The van der Waals surface area contributed by atoms with Gasteiger partial charge in [0.2, 0.25) is 0 Å². The molecule has 0 saturated carbocycles. The summed E-state index contributed by atoms with van der Waals surface area (Å²) in [7, 11) is 1.80. The van der Waals surface area contributed by atoms with Crippen LogP contribution < -0.4 is 0 Å². The maximum absolute atomic E-state index is 8.71. The van der Waals surface area contributed by atoms with Gasteiger partial charge in [-0.2, -0.15) is 5.26 Å². The molecule has 74 valence electrons. The zero-order valence-electron chi connectivity index (χ0n) is 9.26. The fourth-order valence-electron chi connectivity index (χ4n) is 1.73. The molecule has 0 unspecified atom stereocenters. The van der Waals surface area contributed by atoms with Crippen LogP contribution in [0.1, 0.15) is 22.3 Å². The first kappa shape index (κ1) is 10.6. The highest BCUT2D eigenvalue weighted by Crippen LogP contribution is 2.17. The summed E-state index contributed by atoms with van der Waals surface area (Å²) in [6, 6.07) is 4.32. The van der Waals surface area contributed by atoms with Crippen LogP contribution in [0.5, 0.6) is 0 Å². The lowest BCUT2D eigenvalue weighted by Gasteiger charge is -2.14. The summed E-state index contributed by atoms with van der Waals surface area (Å²) >= 11 is 0. The van der Waals surface area contributed by atoms with Crippen LogP contribution in [0.4, 0.5) is 0 Å². The number of nitrogens with zero attached hydrogens (tertiary/aromatic N) is 2. The summed E-state index contributed by atoms with van der Waals surface area (Å²) in [5.41, 5.74) is 5.08. The van der Waals surface area contributed by atoms with Gasteiger partial charge in [-0.3, -0.25) is 0 Å². The highest BCUT2D eigenvalue weighted by atomic mass is 15.1. The monoisotopic (exact) mass is 188 g/mol. The van der Waals surface area contributed by atoms with Crippen molar-refractivity contribution in [3.8, 4) is 6.19 Å².